The summed E-state index contributed by atoms with van der Waals surface area (Å²) in [5.41, 5.74) is 5.35. The lowest BCUT2D eigenvalue weighted by Gasteiger charge is -2.06. The van der Waals surface area contributed by atoms with E-state index < -0.39 is 17.3 Å². The Hall–Kier alpha value is -2.35. The van der Waals surface area contributed by atoms with Crippen LogP contribution in [-0.2, 0) is 5.75 Å². The van der Waals surface area contributed by atoms with Gasteiger partial charge in [0.1, 0.15) is 11.6 Å². The summed E-state index contributed by atoms with van der Waals surface area (Å²) in [6, 6.07) is 4.66. The largest absolute Gasteiger partial charge is 0.478 e. The molecule has 0 aliphatic heterocycles. The van der Waals surface area contributed by atoms with Gasteiger partial charge in [-0.25, -0.2) is 14.2 Å². The molecule has 4 N–H and O–H groups in total. The molecule has 1 aromatic carbocycles. The second kappa shape index (κ2) is 5.74. The summed E-state index contributed by atoms with van der Waals surface area (Å²) in [7, 11) is 0. The SMILES string of the molecule is Nc1cc(=O)[nH]c(SCc2ccc(F)cc2C(=O)O)n1. The van der Waals surface area contributed by atoms with Crippen LogP contribution in [0.5, 0.6) is 0 Å². The summed E-state index contributed by atoms with van der Waals surface area (Å²) >= 11 is 1.11. The number of H-pyrrole nitrogens is 1. The number of aromatic nitrogens is 2. The minimum Gasteiger partial charge on any atom is -0.478 e. The predicted octanol–water partition coefficient (Wildman–Crippen LogP) is 1.48. The van der Waals surface area contributed by atoms with E-state index in [4.69, 9.17) is 10.8 Å². The summed E-state index contributed by atoms with van der Waals surface area (Å²) in [5.74, 6) is -1.54. The third-order valence-electron chi connectivity index (χ3n) is 2.41. The maximum atomic E-state index is 13.0. The van der Waals surface area contributed by atoms with E-state index in [0.717, 1.165) is 23.9 Å². The maximum absolute atomic E-state index is 13.0. The Labute approximate surface area is 116 Å². The molecule has 0 aliphatic carbocycles. The third-order valence-corrected chi connectivity index (χ3v) is 3.33. The highest BCUT2D eigenvalue weighted by Gasteiger charge is 2.12. The fourth-order valence-corrected chi connectivity index (χ4v) is 2.43. The summed E-state index contributed by atoms with van der Waals surface area (Å²) in [6.07, 6.45) is 0. The number of benzene rings is 1. The van der Waals surface area contributed by atoms with Gasteiger partial charge in [0.05, 0.1) is 5.56 Å². The number of halogens is 1. The molecule has 104 valence electrons. The van der Waals surface area contributed by atoms with Gasteiger partial charge in [-0.15, -0.1) is 0 Å². The molecule has 20 heavy (non-hydrogen) atoms. The monoisotopic (exact) mass is 295 g/mol. The lowest BCUT2D eigenvalue weighted by atomic mass is 10.1. The van der Waals surface area contributed by atoms with Crippen molar-refractivity contribution >= 4 is 23.5 Å². The number of hydrogen-bond donors (Lipinski definition) is 3. The molecule has 6 nitrogen and oxygen atoms in total. The molecule has 0 radical (unpaired) electrons. The topological polar surface area (TPSA) is 109 Å². The first-order valence-corrected chi connectivity index (χ1v) is 6.45. The fraction of sp³-hybridized carbons (Fsp3) is 0.0833. The molecule has 0 saturated carbocycles. The van der Waals surface area contributed by atoms with Crippen LogP contribution in [-0.4, -0.2) is 21.0 Å². The third kappa shape index (κ3) is 3.35. The molecule has 0 spiro atoms. The molecule has 1 heterocycles. The van der Waals surface area contributed by atoms with E-state index in [1.54, 1.807) is 0 Å². The fourth-order valence-electron chi connectivity index (χ4n) is 1.54. The second-order valence-electron chi connectivity index (χ2n) is 3.87. The first kappa shape index (κ1) is 14.1. The molecular formula is C12H10FN3O3S. The Bertz CT molecular complexity index is 717. The Morgan fingerprint density at radius 2 is 2.20 bits per heavy atom. The number of anilines is 1. The van der Waals surface area contributed by atoms with Crippen molar-refractivity contribution in [2.75, 3.05) is 5.73 Å². The number of carboxylic acid groups (broad SMARTS) is 1. The Kier molecular flexibility index (Phi) is 4.04. The van der Waals surface area contributed by atoms with E-state index in [1.165, 1.54) is 12.1 Å². The van der Waals surface area contributed by atoms with Gasteiger partial charge in [0.2, 0.25) is 0 Å². The number of nitrogen functional groups attached to an aromatic ring is 1. The number of carboxylic acids is 1. The highest BCUT2D eigenvalue weighted by atomic mass is 32.2. The number of carbonyl (C=O) groups is 1. The zero-order chi connectivity index (χ0) is 14.7. The molecule has 8 heteroatoms. The standard InChI is InChI=1S/C12H10FN3O3S/c13-7-2-1-6(8(3-7)11(18)19)5-20-12-15-9(14)4-10(17)16-12/h1-4H,5H2,(H,18,19)(H3,14,15,16,17). The van der Waals surface area contributed by atoms with Gasteiger partial charge < -0.3 is 15.8 Å². The minimum atomic E-state index is -1.21. The van der Waals surface area contributed by atoms with Crippen molar-refractivity contribution < 1.29 is 14.3 Å². The number of thioether (sulfide) groups is 1. The van der Waals surface area contributed by atoms with Crippen molar-refractivity contribution in [3.8, 4) is 0 Å². The van der Waals surface area contributed by atoms with Crippen LogP contribution < -0.4 is 11.3 Å². The van der Waals surface area contributed by atoms with Crippen LogP contribution in [0, 0.1) is 5.82 Å². The number of nitrogens with zero attached hydrogens (tertiary/aromatic N) is 1. The van der Waals surface area contributed by atoms with Gasteiger partial charge in [-0.2, -0.15) is 0 Å². The van der Waals surface area contributed by atoms with Crippen LogP contribution in [0.2, 0.25) is 0 Å². The number of rotatable bonds is 4. The molecule has 1 aromatic heterocycles. The zero-order valence-corrected chi connectivity index (χ0v) is 10.9. The van der Waals surface area contributed by atoms with Crippen molar-refractivity contribution in [2.24, 2.45) is 0 Å². The van der Waals surface area contributed by atoms with Crippen molar-refractivity contribution in [1.82, 2.24) is 9.97 Å². The highest BCUT2D eigenvalue weighted by Crippen LogP contribution is 2.22. The van der Waals surface area contributed by atoms with Gasteiger partial charge in [-0.3, -0.25) is 4.79 Å². The van der Waals surface area contributed by atoms with Gasteiger partial charge in [0.25, 0.3) is 5.56 Å². The molecule has 0 saturated heterocycles. The van der Waals surface area contributed by atoms with E-state index in [9.17, 15) is 14.0 Å². The molecule has 0 aliphatic rings. The molecule has 0 bridgehead atoms. The minimum absolute atomic E-state index is 0.0776. The van der Waals surface area contributed by atoms with Crippen LogP contribution in [0.15, 0.2) is 34.2 Å². The molecule has 0 unspecified atom stereocenters. The number of hydrogen-bond acceptors (Lipinski definition) is 5. The lowest BCUT2D eigenvalue weighted by Crippen LogP contribution is -2.09. The average molecular weight is 295 g/mol. The Morgan fingerprint density at radius 1 is 1.45 bits per heavy atom. The number of aromatic carboxylic acids is 1. The molecule has 0 amide bonds. The predicted molar refractivity (Wildman–Crippen MR) is 72.2 cm³/mol. The van der Waals surface area contributed by atoms with Gasteiger partial charge in [0.15, 0.2) is 5.16 Å². The van der Waals surface area contributed by atoms with Gasteiger partial charge in [0, 0.05) is 11.8 Å². The normalized spacial score (nSPS) is 10.4. The van der Waals surface area contributed by atoms with E-state index in [1.807, 2.05) is 0 Å². The summed E-state index contributed by atoms with van der Waals surface area (Å²) in [4.78, 5) is 28.6. The van der Waals surface area contributed by atoms with Gasteiger partial charge in [-0.05, 0) is 17.7 Å². The molecule has 2 rings (SSSR count). The summed E-state index contributed by atoms with van der Waals surface area (Å²) < 4.78 is 13.0. The number of aromatic amines is 1. The van der Waals surface area contributed by atoms with Crippen molar-refractivity contribution in [3.05, 3.63) is 51.6 Å². The Balaban J connectivity index is 2.22. The first-order valence-electron chi connectivity index (χ1n) is 5.47. The average Bonchev–Trinajstić information content (AvgIpc) is 2.36. The molecule has 0 atom stereocenters. The van der Waals surface area contributed by atoms with Crippen molar-refractivity contribution in [2.45, 2.75) is 10.9 Å². The van der Waals surface area contributed by atoms with Crippen LogP contribution in [0.25, 0.3) is 0 Å². The molecule has 2 aromatic rings. The second-order valence-corrected chi connectivity index (χ2v) is 4.83. The summed E-state index contributed by atoms with van der Waals surface area (Å²) in [5, 5.41) is 9.28. The van der Waals surface area contributed by atoms with Crippen molar-refractivity contribution in [3.63, 3.8) is 0 Å². The number of nitrogens with two attached hydrogens (primary N) is 1. The lowest BCUT2D eigenvalue weighted by molar-refractivity contribution is 0.0695. The van der Waals surface area contributed by atoms with Gasteiger partial charge in [-0.1, -0.05) is 17.8 Å². The smallest absolute Gasteiger partial charge is 0.336 e. The maximum Gasteiger partial charge on any atom is 0.336 e. The van der Waals surface area contributed by atoms with E-state index in [-0.39, 0.29) is 22.3 Å². The van der Waals surface area contributed by atoms with Crippen LogP contribution in [0.4, 0.5) is 10.2 Å². The zero-order valence-electron chi connectivity index (χ0n) is 10.1. The van der Waals surface area contributed by atoms with E-state index in [0.29, 0.717) is 5.56 Å². The van der Waals surface area contributed by atoms with Crippen LogP contribution >= 0.6 is 11.8 Å². The molecular weight excluding hydrogens is 285 g/mol. The Morgan fingerprint density at radius 3 is 2.85 bits per heavy atom. The summed E-state index contributed by atoms with van der Waals surface area (Å²) in [6.45, 7) is 0. The van der Waals surface area contributed by atoms with E-state index in [2.05, 4.69) is 9.97 Å². The quantitative estimate of drug-likeness (QED) is 0.582. The highest BCUT2D eigenvalue weighted by molar-refractivity contribution is 7.98. The number of nitrogens with one attached hydrogen (secondary N) is 1. The van der Waals surface area contributed by atoms with Crippen LogP contribution in [0.3, 0.4) is 0 Å². The van der Waals surface area contributed by atoms with Gasteiger partial charge >= 0.3 is 5.97 Å². The molecule has 0 fully saturated rings. The first-order chi connectivity index (χ1) is 9.45. The van der Waals surface area contributed by atoms with Crippen LogP contribution in [0.1, 0.15) is 15.9 Å². The van der Waals surface area contributed by atoms with E-state index >= 15 is 0 Å². The van der Waals surface area contributed by atoms with Crippen molar-refractivity contribution in [1.29, 1.82) is 0 Å².